The van der Waals surface area contributed by atoms with Gasteiger partial charge in [0, 0.05) is 12.0 Å². The third-order valence-electron chi connectivity index (χ3n) is 0.544. The Morgan fingerprint density at radius 2 is 2.50 bits per heavy atom. The molecule has 0 N–H and O–H groups in total. The number of rotatable bonds is 2. The molecule has 3 heteroatoms. The summed E-state index contributed by atoms with van der Waals surface area (Å²) in [7, 11) is 1.32. The van der Waals surface area contributed by atoms with Crippen LogP contribution in [0.4, 0.5) is 0 Å². The summed E-state index contributed by atoms with van der Waals surface area (Å²) >= 11 is 5.21. The molecule has 0 aromatic heterocycles. The predicted molar refractivity (Wildman–Crippen MR) is 31.9 cm³/mol. The highest BCUT2D eigenvalue weighted by Gasteiger charge is 1.86. The summed E-state index contributed by atoms with van der Waals surface area (Å²) in [5, 5.41) is 0. The molecular weight excluding hydrogens is 128 g/mol. The van der Waals surface area contributed by atoms with Crippen molar-refractivity contribution in [2.24, 2.45) is 0 Å². The minimum atomic E-state index is -0.370. The van der Waals surface area contributed by atoms with E-state index in [2.05, 4.69) is 4.74 Å². The molecule has 0 saturated heterocycles. The lowest BCUT2D eigenvalue weighted by Gasteiger charge is -1.85. The van der Waals surface area contributed by atoms with Crippen molar-refractivity contribution in [3.63, 3.8) is 0 Å². The molecule has 0 unspecified atom stereocenters. The zero-order chi connectivity index (χ0) is 6.41. The molecule has 0 saturated carbocycles. The number of ether oxygens (including phenoxy) is 1. The average molecular weight is 135 g/mol. The van der Waals surface area contributed by atoms with Crippen LogP contribution in [0, 0.1) is 0 Å². The van der Waals surface area contributed by atoms with Gasteiger partial charge in [-0.05, 0) is 0 Å². The van der Waals surface area contributed by atoms with Gasteiger partial charge in [0.05, 0.1) is 7.11 Å². The maximum absolute atomic E-state index is 10.2. The summed E-state index contributed by atoms with van der Waals surface area (Å²) in [6.45, 7) is 0. The summed E-state index contributed by atoms with van der Waals surface area (Å²) in [4.78, 5) is 10.2. The van der Waals surface area contributed by atoms with Gasteiger partial charge >= 0.3 is 5.97 Å². The van der Waals surface area contributed by atoms with Crippen molar-refractivity contribution in [2.75, 3.05) is 13.0 Å². The molecule has 0 heterocycles. The van der Waals surface area contributed by atoms with Gasteiger partial charge in [-0.15, -0.1) is 11.6 Å². The molecule has 0 fully saturated rings. The maximum atomic E-state index is 10.2. The molecular formula is C5H7ClO2. The van der Waals surface area contributed by atoms with Gasteiger partial charge in [-0.2, -0.15) is 0 Å². The zero-order valence-corrected chi connectivity index (χ0v) is 5.31. The zero-order valence-electron chi connectivity index (χ0n) is 4.56. The van der Waals surface area contributed by atoms with Crippen molar-refractivity contribution in [2.45, 2.75) is 0 Å². The fourth-order valence-corrected chi connectivity index (χ4v) is 0.298. The van der Waals surface area contributed by atoms with E-state index in [1.54, 1.807) is 0 Å². The van der Waals surface area contributed by atoms with Crippen LogP contribution in [-0.2, 0) is 9.53 Å². The fraction of sp³-hybridized carbons (Fsp3) is 0.400. The molecule has 46 valence electrons. The van der Waals surface area contributed by atoms with Crippen molar-refractivity contribution < 1.29 is 9.53 Å². The number of hydrogen-bond acceptors (Lipinski definition) is 2. The molecule has 0 atom stereocenters. The third kappa shape index (κ3) is 3.68. The monoisotopic (exact) mass is 134 g/mol. The van der Waals surface area contributed by atoms with Crippen LogP contribution in [0.1, 0.15) is 0 Å². The van der Waals surface area contributed by atoms with Crippen molar-refractivity contribution in [1.82, 2.24) is 0 Å². The SMILES string of the molecule is COC(=O)/C=C\CCl. The Balaban J connectivity index is 3.37. The van der Waals surface area contributed by atoms with Crippen LogP contribution in [-0.4, -0.2) is 19.0 Å². The highest BCUT2D eigenvalue weighted by Crippen LogP contribution is 1.79. The number of halogens is 1. The van der Waals surface area contributed by atoms with E-state index >= 15 is 0 Å². The Kier molecular flexibility index (Phi) is 4.36. The van der Waals surface area contributed by atoms with Crippen molar-refractivity contribution in [1.29, 1.82) is 0 Å². The molecule has 0 amide bonds. The molecule has 0 aliphatic rings. The lowest BCUT2D eigenvalue weighted by molar-refractivity contribution is -0.134. The Bertz CT molecular complexity index is 98.6. The molecule has 8 heavy (non-hydrogen) atoms. The Morgan fingerprint density at radius 1 is 1.88 bits per heavy atom. The molecule has 0 rings (SSSR count). The van der Waals surface area contributed by atoms with E-state index in [4.69, 9.17) is 11.6 Å². The number of esters is 1. The number of allylic oxidation sites excluding steroid dienone is 1. The molecule has 0 aromatic carbocycles. The Hall–Kier alpha value is -0.500. The second-order valence-corrected chi connectivity index (χ2v) is 1.39. The smallest absolute Gasteiger partial charge is 0.330 e. The van der Waals surface area contributed by atoms with E-state index in [9.17, 15) is 4.79 Å². The molecule has 0 spiro atoms. The van der Waals surface area contributed by atoms with Gasteiger partial charge in [0.25, 0.3) is 0 Å². The van der Waals surface area contributed by atoms with Crippen molar-refractivity contribution in [3.8, 4) is 0 Å². The molecule has 0 aromatic rings. The summed E-state index contributed by atoms with van der Waals surface area (Å²) in [5.41, 5.74) is 0. The fourth-order valence-electron chi connectivity index (χ4n) is 0.209. The van der Waals surface area contributed by atoms with E-state index in [1.807, 2.05) is 0 Å². The van der Waals surface area contributed by atoms with Gasteiger partial charge in [-0.25, -0.2) is 4.79 Å². The molecule has 0 radical (unpaired) electrons. The van der Waals surface area contributed by atoms with Gasteiger partial charge in [-0.3, -0.25) is 0 Å². The minimum Gasteiger partial charge on any atom is -0.466 e. The number of carbonyl (C=O) groups is 1. The first kappa shape index (κ1) is 7.50. The second-order valence-electron chi connectivity index (χ2n) is 1.08. The van der Waals surface area contributed by atoms with Gasteiger partial charge in [0.1, 0.15) is 0 Å². The van der Waals surface area contributed by atoms with Crippen LogP contribution in [0.5, 0.6) is 0 Å². The topological polar surface area (TPSA) is 26.3 Å². The van der Waals surface area contributed by atoms with Gasteiger partial charge in [0.15, 0.2) is 0 Å². The highest BCUT2D eigenvalue weighted by atomic mass is 35.5. The first-order valence-electron chi connectivity index (χ1n) is 2.11. The van der Waals surface area contributed by atoms with Crippen LogP contribution in [0.3, 0.4) is 0 Å². The maximum Gasteiger partial charge on any atom is 0.330 e. The van der Waals surface area contributed by atoms with Crippen molar-refractivity contribution >= 4 is 17.6 Å². The Labute approximate surface area is 53.1 Å². The first-order chi connectivity index (χ1) is 3.81. The number of methoxy groups -OCH3 is 1. The lowest BCUT2D eigenvalue weighted by Crippen LogP contribution is -1.93. The quantitative estimate of drug-likeness (QED) is 0.319. The van der Waals surface area contributed by atoms with Crippen LogP contribution in [0.2, 0.25) is 0 Å². The normalized spacial score (nSPS) is 9.75. The molecule has 0 aliphatic carbocycles. The number of carbonyl (C=O) groups excluding carboxylic acids is 1. The number of hydrogen-bond donors (Lipinski definition) is 0. The first-order valence-corrected chi connectivity index (χ1v) is 2.65. The average Bonchev–Trinajstić information content (AvgIpc) is 1.83. The summed E-state index contributed by atoms with van der Waals surface area (Å²) < 4.78 is 4.27. The van der Waals surface area contributed by atoms with Gasteiger partial charge in [-0.1, -0.05) is 6.08 Å². The Morgan fingerprint density at radius 3 is 2.88 bits per heavy atom. The second kappa shape index (κ2) is 4.65. The predicted octanol–water partition coefficient (Wildman–Crippen LogP) is 0.954. The molecule has 0 aliphatic heterocycles. The van der Waals surface area contributed by atoms with E-state index in [0.717, 1.165) is 0 Å². The lowest BCUT2D eigenvalue weighted by atomic mass is 10.5. The van der Waals surface area contributed by atoms with E-state index < -0.39 is 0 Å². The minimum absolute atomic E-state index is 0.342. The summed E-state index contributed by atoms with van der Waals surface area (Å²) in [6, 6.07) is 0. The standard InChI is InChI=1S/C5H7ClO2/c1-8-5(7)3-2-4-6/h2-3H,4H2,1H3/b3-2-. The van der Waals surface area contributed by atoms with Gasteiger partial charge in [0.2, 0.25) is 0 Å². The van der Waals surface area contributed by atoms with Crippen LogP contribution in [0.25, 0.3) is 0 Å². The van der Waals surface area contributed by atoms with Crippen LogP contribution >= 0.6 is 11.6 Å². The molecule has 2 nitrogen and oxygen atoms in total. The van der Waals surface area contributed by atoms with E-state index in [1.165, 1.54) is 19.3 Å². The highest BCUT2D eigenvalue weighted by molar-refractivity contribution is 6.19. The largest absolute Gasteiger partial charge is 0.466 e. The van der Waals surface area contributed by atoms with E-state index in [-0.39, 0.29) is 5.97 Å². The van der Waals surface area contributed by atoms with E-state index in [0.29, 0.717) is 5.88 Å². The summed E-state index contributed by atoms with van der Waals surface area (Å²) in [5.74, 6) is -0.0274. The summed E-state index contributed by atoms with van der Waals surface area (Å²) in [6.07, 6.45) is 2.81. The van der Waals surface area contributed by atoms with Crippen LogP contribution in [0.15, 0.2) is 12.2 Å². The third-order valence-corrected chi connectivity index (χ3v) is 0.722. The number of alkyl halides is 1. The van der Waals surface area contributed by atoms with Crippen molar-refractivity contribution in [3.05, 3.63) is 12.2 Å². The van der Waals surface area contributed by atoms with Gasteiger partial charge < -0.3 is 4.74 Å². The van der Waals surface area contributed by atoms with Crippen LogP contribution < -0.4 is 0 Å². The molecule has 0 bridgehead atoms.